The van der Waals surface area contributed by atoms with Gasteiger partial charge in [0.1, 0.15) is 5.75 Å². The zero-order valence-electron chi connectivity index (χ0n) is 18.6. The normalized spacial score (nSPS) is 11.4. The van der Waals surface area contributed by atoms with Gasteiger partial charge in [0, 0.05) is 13.1 Å². The Kier molecular flexibility index (Phi) is 8.44. The van der Waals surface area contributed by atoms with Gasteiger partial charge in [-0.15, -0.1) is 0 Å². The first-order chi connectivity index (χ1) is 15.6. The molecule has 0 radical (unpaired) electrons. The van der Waals surface area contributed by atoms with Gasteiger partial charge in [0.15, 0.2) is 6.10 Å². The van der Waals surface area contributed by atoms with Crippen molar-refractivity contribution < 1.29 is 19.1 Å². The summed E-state index contributed by atoms with van der Waals surface area (Å²) in [5.74, 6) is 0.129. The lowest BCUT2D eigenvalue weighted by molar-refractivity contribution is -0.145. The minimum atomic E-state index is -0.691. The molecule has 32 heavy (non-hydrogen) atoms. The van der Waals surface area contributed by atoms with Gasteiger partial charge in [0.05, 0.1) is 13.0 Å². The van der Waals surface area contributed by atoms with E-state index in [2.05, 4.69) is 0 Å². The quantitative estimate of drug-likeness (QED) is 0.419. The Morgan fingerprint density at radius 1 is 0.844 bits per heavy atom. The number of esters is 1. The van der Waals surface area contributed by atoms with Crippen molar-refractivity contribution >= 4 is 11.9 Å². The highest BCUT2D eigenvalue weighted by atomic mass is 16.5. The van der Waals surface area contributed by atoms with Crippen LogP contribution in [0.25, 0.3) is 11.1 Å². The van der Waals surface area contributed by atoms with Gasteiger partial charge in [-0.25, -0.2) is 0 Å². The first-order valence-electron chi connectivity index (χ1n) is 10.9. The largest absolute Gasteiger partial charge is 0.481 e. The van der Waals surface area contributed by atoms with Crippen molar-refractivity contribution in [1.29, 1.82) is 0 Å². The van der Waals surface area contributed by atoms with Crippen LogP contribution in [0.4, 0.5) is 0 Å². The fourth-order valence-corrected chi connectivity index (χ4v) is 3.40. The second kappa shape index (κ2) is 11.7. The van der Waals surface area contributed by atoms with Gasteiger partial charge in [-0.05, 0) is 42.7 Å². The fraction of sp³-hybridized carbons (Fsp3) is 0.259. The third-order valence-corrected chi connectivity index (χ3v) is 5.04. The number of carbonyl (C=O) groups excluding carboxylic acids is 2. The molecule has 0 heterocycles. The van der Waals surface area contributed by atoms with Crippen LogP contribution in [0, 0.1) is 0 Å². The van der Waals surface area contributed by atoms with Crippen LogP contribution in [0.5, 0.6) is 5.75 Å². The van der Waals surface area contributed by atoms with Crippen LogP contribution in [-0.4, -0.2) is 36.0 Å². The Hall–Kier alpha value is -3.60. The van der Waals surface area contributed by atoms with Gasteiger partial charge >= 0.3 is 5.97 Å². The molecule has 0 saturated heterocycles. The number of hydrogen-bond acceptors (Lipinski definition) is 4. The summed E-state index contributed by atoms with van der Waals surface area (Å²) < 4.78 is 11.0. The van der Waals surface area contributed by atoms with Crippen LogP contribution in [0.15, 0.2) is 84.9 Å². The van der Waals surface area contributed by atoms with E-state index in [1.165, 1.54) is 0 Å². The molecular weight excluding hydrogens is 402 g/mol. The Morgan fingerprint density at radius 2 is 1.44 bits per heavy atom. The third-order valence-electron chi connectivity index (χ3n) is 5.04. The number of benzene rings is 3. The van der Waals surface area contributed by atoms with E-state index < -0.39 is 6.10 Å². The van der Waals surface area contributed by atoms with Crippen LogP contribution >= 0.6 is 0 Å². The molecule has 0 bridgehead atoms. The Labute approximate surface area is 189 Å². The minimum absolute atomic E-state index is 0.144. The highest BCUT2D eigenvalue weighted by molar-refractivity contribution is 5.81. The number of amides is 1. The average Bonchev–Trinajstić information content (AvgIpc) is 2.83. The molecule has 0 saturated carbocycles. The van der Waals surface area contributed by atoms with E-state index >= 15 is 0 Å². The van der Waals surface area contributed by atoms with E-state index in [0.29, 0.717) is 18.9 Å². The van der Waals surface area contributed by atoms with Crippen molar-refractivity contribution in [2.75, 3.05) is 13.2 Å². The summed E-state index contributed by atoms with van der Waals surface area (Å²) in [7, 11) is 0. The number of nitrogens with zero attached hydrogens (tertiary/aromatic N) is 1. The molecule has 3 aromatic rings. The Morgan fingerprint density at radius 3 is 2.06 bits per heavy atom. The Balaban J connectivity index is 1.66. The first kappa shape index (κ1) is 23.1. The standard InChI is InChI=1S/C27H29NO4/c1-3-31-26(29)18-19-28(20-22-10-6-4-7-11-22)27(30)21(2)32-25-16-14-24(15-17-25)23-12-8-5-9-13-23/h4-17,21H,3,18-20H2,1-2H3. The van der Waals surface area contributed by atoms with Crippen LogP contribution in [0.3, 0.4) is 0 Å². The lowest BCUT2D eigenvalue weighted by atomic mass is 10.1. The van der Waals surface area contributed by atoms with E-state index in [1.54, 1.807) is 18.7 Å². The molecule has 5 nitrogen and oxygen atoms in total. The molecule has 5 heteroatoms. The molecule has 0 aliphatic heterocycles. The second-order valence-corrected chi connectivity index (χ2v) is 7.45. The summed E-state index contributed by atoms with van der Waals surface area (Å²) in [4.78, 5) is 26.6. The number of ether oxygens (including phenoxy) is 2. The van der Waals surface area contributed by atoms with E-state index in [9.17, 15) is 9.59 Å². The summed E-state index contributed by atoms with van der Waals surface area (Å²) in [6.07, 6.45) is -0.547. The van der Waals surface area contributed by atoms with Crippen LogP contribution in [0.1, 0.15) is 25.8 Å². The molecule has 3 aromatic carbocycles. The molecule has 0 aliphatic carbocycles. The zero-order valence-corrected chi connectivity index (χ0v) is 18.6. The van der Waals surface area contributed by atoms with E-state index in [4.69, 9.17) is 9.47 Å². The predicted octanol–water partition coefficient (Wildman–Crippen LogP) is 5.10. The van der Waals surface area contributed by atoms with Crippen molar-refractivity contribution in [3.8, 4) is 16.9 Å². The SMILES string of the molecule is CCOC(=O)CCN(Cc1ccccc1)C(=O)C(C)Oc1ccc(-c2ccccc2)cc1. The topological polar surface area (TPSA) is 55.8 Å². The van der Waals surface area contributed by atoms with E-state index in [0.717, 1.165) is 16.7 Å². The van der Waals surface area contributed by atoms with Gasteiger partial charge in [-0.3, -0.25) is 9.59 Å². The van der Waals surface area contributed by atoms with Crippen molar-refractivity contribution in [2.45, 2.75) is 32.9 Å². The highest BCUT2D eigenvalue weighted by Gasteiger charge is 2.23. The molecule has 0 aliphatic rings. The van der Waals surface area contributed by atoms with Crippen molar-refractivity contribution in [3.63, 3.8) is 0 Å². The monoisotopic (exact) mass is 431 g/mol. The molecule has 0 N–H and O–H groups in total. The summed E-state index contributed by atoms with van der Waals surface area (Å²) in [5.41, 5.74) is 3.19. The molecule has 0 spiro atoms. The number of rotatable bonds is 10. The maximum atomic E-state index is 13.2. The van der Waals surface area contributed by atoms with E-state index in [-0.39, 0.29) is 24.8 Å². The molecular formula is C27H29NO4. The maximum absolute atomic E-state index is 13.2. The van der Waals surface area contributed by atoms with Crippen LogP contribution in [0.2, 0.25) is 0 Å². The molecule has 1 amide bonds. The third kappa shape index (κ3) is 6.71. The van der Waals surface area contributed by atoms with Gasteiger partial charge in [0.25, 0.3) is 5.91 Å². The molecule has 0 fully saturated rings. The zero-order chi connectivity index (χ0) is 22.8. The van der Waals surface area contributed by atoms with Gasteiger partial charge < -0.3 is 14.4 Å². The average molecular weight is 432 g/mol. The summed E-state index contributed by atoms with van der Waals surface area (Å²) in [5, 5.41) is 0. The lowest BCUT2D eigenvalue weighted by Gasteiger charge is -2.26. The molecule has 3 rings (SSSR count). The van der Waals surface area contributed by atoms with E-state index in [1.807, 2.05) is 84.9 Å². The summed E-state index contributed by atoms with van der Waals surface area (Å²) in [6.45, 7) is 4.50. The fourth-order valence-electron chi connectivity index (χ4n) is 3.40. The smallest absolute Gasteiger partial charge is 0.307 e. The van der Waals surface area contributed by atoms with Crippen LogP contribution in [-0.2, 0) is 20.9 Å². The molecule has 0 aromatic heterocycles. The summed E-state index contributed by atoms with van der Waals surface area (Å²) >= 11 is 0. The molecule has 1 unspecified atom stereocenters. The predicted molar refractivity (Wildman–Crippen MR) is 125 cm³/mol. The maximum Gasteiger partial charge on any atom is 0.307 e. The van der Waals surface area contributed by atoms with Gasteiger partial charge in [0.2, 0.25) is 0 Å². The minimum Gasteiger partial charge on any atom is -0.481 e. The van der Waals surface area contributed by atoms with Gasteiger partial charge in [-0.2, -0.15) is 0 Å². The molecule has 166 valence electrons. The second-order valence-electron chi connectivity index (χ2n) is 7.45. The summed E-state index contributed by atoms with van der Waals surface area (Å²) in [6, 6.07) is 27.5. The Bertz CT molecular complexity index is 987. The highest BCUT2D eigenvalue weighted by Crippen LogP contribution is 2.23. The number of hydrogen-bond donors (Lipinski definition) is 0. The van der Waals surface area contributed by atoms with Crippen molar-refractivity contribution in [1.82, 2.24) is 4.90 Å². The van der Waals surface area contributed by atoms with Crippen LogP contribution < -0.4 is 4.74 Å². The van der Waals surface area contributed by atoms with Gasteiger partial charge in [-0.1, -0.05) is 72.8 Å². The molecule has 1 atom stereocenters. The lowest BCUT2D eigenvalue weighted by Crippen LogP contribution is -2.41. The number of carbonyl (C=O) groups is 2. The first-order valence-corrected chi connectivity index (χ1v) is 10.9. The van der Waals surface area contributed by atoms with Crippen molar-refractivity contribution in [2.24, 2.45) is 0 Å². The van der Waals surface area contributed by atoms with Crippen molar-refractivity contribution in [3.05, 3.63) is 90.5 Å².